The zero-order chi connectivity index (χ0) is 18.6. The van der Waals surface area contributed by atoms with Crippen molar-refractivity contribution in [1.82, 2.24) is 9.62 Å². The van der Waals surface area contributed by atoms with Crippen LogP contribution in [0.2, 0.25) is 0 Å². The Balaban J connectivity index is 1.59. The lowest BCUT2D eigenvalue weighted by molar-refractivity contribution is 0.0403. The Morgan fingerprint density at radius 2 is 2.00 bits per heavy atom. The molecule has 1 aliphatic heterocycles. The fourth-order valence-electron chi connectivity index (χ4n) is 3.61. The molecule has 26 heavy (non-hydrogen) atoms. The Labute approximate surface area is 156 Å². The molecular formula is C19H30N2O4S. The number of nitrogens with one attached hydrogen (secondary N) is 1. The third-order valence-corrected chi connectivity index (χ3v) is 7.22. The molecule has 6 nitrogen and oxygen atoms in total. The van der Waals surface area contributed by atoms with Crippen molar-refractivity contribution < 1.29 is 17.9 Å². The molecule has 1 saturated carbocycles. The molecule has 0 radical (unpaired) electrons. The van der Waals surface area contributed by atoms with E-state index in [-0.39, 0.29) is 17.3 Å². The second-order valence-electron chi connectivity index (χ2n) is 7.28. The fraction of sp³-hybridized carbons (Fsp3) is 0.684. The Kier molecular flexibility index (Phi) is 6.55. The van der Waals surface area contributed by atoms with E-state index >= 15 is 0 Å². The number of aryl methyl sites for hydroxylation is 1. The van der Waals surface area contributed by atoms with Gasteiger partial charge in [0.1, 0.15) is 12.4 Å². The van der Waals surface area contributed by atoms with Gasteiger partial charge in [-0.1, -0.05) is 18.2 Å². The number of methoxy groups -OCH3 is 1. The number of hydrogen-bond acceptors (Lipinski definition) is 5. The standard InChI is InChI=1S/C19H30N2O4S/c1-15-6-3-4-8-19(15)25-13-12-21-11-5-7-17(18(21)14-24-2)20-26(22,23)16-9-10-16/h3-4,6,8,16-18,20H,5,7,9-14H2,1-2H3/t17-,18?/m0/s1. The maximum atomic E-state index is 12.4. The third kappa shape index (κ3) is 4.97. The first-order chi connectivity index (χ1) is 12.5. The molecule has 146 valence electrons. The highest BCUT2D eigenvalue weighted by Gasteiger charge is 2.40. The Bertz CT molecular complexity index is 691. The molecule has 1 unspecified atom stereocenters. The molecule has 1 aliphatic carbocycles. The maximum absolute atomic E-state index is 12.4. The van der Waals surface area contributed by atoms with E-state index in [0.717, 1.165) is 50.1 Å². The minimum atomic E-state index is -3.19. The Morgan fingerprint density at radius 1 is 1.23 bits per heavy atom. The fourth-order valence-corrected chi connectivity index (χ4v) is 5.26. The number of benzene rings is 1. The number of ether oxygens (including phenoxy) is 2. The van der Waals surface area contributed by atoms with E-state index in [9.17, 15) is 8.42 Å². The van der Waals surface area contributed by atoms with E-state index in [0.29, 0.717) is 13.2 Å². The number of nitrogens with zero attached hydrogens (tertiary/aromatic N) is 1. The molecule has 1 heterocycles. The summed E-state index contributed by atoms with van der Waals surface area (Å²) in [4.78, 5) is 2.30. The van der Waals surface area contributed by atoms with E-state index in [1.807, 2.05) is 31.2 Å². The summed E-state index contributed by atoms with van der Waals surface area (Å²) in [6.07, 6.45) is 3.40. The van der Waals surface area contributed by atoms with Crippen LogP contribution < -0.4 is 9.46 Å². The summed E-state index contributed by atoms with van der Waals surface area (Å²) < 4.78 is 39.0. The maximum Gasteiger partial charge on any atom is 0.214 e. The van der Waals surface area contributed by atoms with Crippen molar-refractivity contribution in [2.75, 3.05) is 33.4 Å². The lowest BCUT2D eigenvalue weighted by Gasteiger charge is -2.41. The molecular weight excluding hydrogens is 352 g/mol. The van der Waals surface area contributed by atoms with E-state index in [4.69, 9.17) is 9.47 Å². The Morgan fingerprint density at radius 3 is 2.69 bits per heavy atom. The minimum absolute atomic E-state index is 0.0442. The second kappa shape index (κ2) is 8.69. The summed E-state index contributed by atoms with van der Waals surface area (Å²) in [6.45, 7) is 4.82. The van der Waals surface area contributed by atoms with Crippen molar-refractivity contribution in [3.8, 4) is 5.75 Å². The highest BCUT2D eigenvalue weighted by molar-refractivity contribution is 7.90. The van der Waals surface area contributed by atoms with Gasteiger partial charge >= 0.3 is 0 Å². The van der Waals surface area contributed by atoms with Crippen LogP contribution in [0, 0.1) is 6.92 Å². The highest BCUT2D eigenvalue weighted by atomic mass is 32.2. The number of para-hydroxylation sites is 1. The summed E-state index contributed by atoms with van der Waals surface area (Å²) >= 11 is 0. The molecule has 2 fully saturated rings. The van der Waals surface area contributed by atoms with Crippen LogP contribution in [-0.4, -0.2) is 64.1 Å². The van der Waals surface area contributed by atoms with Gasteiger partial charge < -0.3 is 9.47 Å². The van der Waals surface area contributed by atoms with Crippen LogP contribution >= 0.6 is 0 Å². The van der Waals surface area contributed by atoms with Crippen molar-refractivity contribution in [3.63, 3.8) is 0 Å². The predicted molar refractivity (Wildman–Crippen MR) is 102 cm³/mol. The predicted octanol–water partition coefficient (Wildman–Crippen LogP) is 1.94. The molecule has 1 aromatic carbocycles. The lowest BCUT2D eigenvalue weighted by atomic mass is 9.97. The van der Waals surface area contributed by atoms with Crippen molar-refractivity contribution in [3.05, 3.63) is 29.8 Å². The zero-order valence-corrected chi connectivity index (χ0v) is 16.5. The van der Waals surface area contributed by atoms with Crippen molar-refractivity contribution >= 4 is 10.0 Å². The summed E-state index contributed by atoms with van der Waals surface area (Å²) in [5.41, 5.74) is 1.12. The molecule has 0 bridgehead atoms. The van der Waals surface area contributed by atoms with Gasteiger partial charge in [-0.3, -0.25) is 4.90 Å². The van der Waals surface area contributed by atoms with Gasteiger partial charge in [0.25, 0.3) is 0 Å². The van der Waals surface area contributed by atoms with Crippen molar-refractivity contribution in [1.29, 1.82) is 0 Å². The molecule has 0 amide bonds. The molecule has 1 saturated heterocycles. The average Bonchev–Trinajstić information content (AvgIpc) is 3.45. The second-order valence-corrected chi connectivity index (χ2v) is 9.28. The quantitative estimate of drug-likeness (QED) is 0.707. The molecule has 2 aliphatic rings. The smallest absolute Gasteiger partial charge is 0.214 e. The zero-order valence-electron chi connectivity index (χ0n) is 15.7. The van der Waals surface area contributed by atoms with Gasteiger partial charge in [-0.2, -0.15) is 0 Å². The normalized spacial score (nSPS) is 24.5. The molecule has 3 rings (SSSR count). The number of sulfonamides is 1. The van der Waals surface area contributed by atoms with Crippen molar-refractivity contribution in [2.24, 2.45) is 0 Å². The number of hydrogen-bond donors (Lipinski definition) is 1. The summed E-state index contributed by atoms with van der Waals surface area (Å²) in [5.74, 6) is 0.902. The monoisotopic (exact) mass is 382 g/mol. The van der Waals surface area contributed by atoms with Gasteiger partial charge in [0, 0.05) is 25.7 Å². The SMILES string of the molecule is COCC1[C@@H](NS(=O)(=O)C2CC2)CCCN1CCOc1ccccc1C. The van der Waals surface area contributed by atoms with E-state index < -0.39 is 10.0 Å². The van der Waals surface area contributed by atoms with Gasteiger partial charge in [-0.05, 0) is 50.8 Å². The summed E-state index contributed by atoms with van der Waals surface area (Å²) in [5, 5.41) is -0.189. The number of piperidine rings is 1. The van der Waals surface area contributed by atoms with E-state index in [2.05, 4.69) is 9.62 Å². The molecule has 1 N–H and O–H groups in total. The first-order valence-corrected chi connectivity index (χ1v) is 11.0. The number of rotatable bonds is 9. The molecule has 2 atom stereocenters. The average molecular weight is 383 g/mol. The van der Waals surface area contributed by atoms with Gasteiger partial charge in [0.05, 0.1) is 11.9 Å². The van der Waals surface area contributed by atoms with E-state index in [1.54, 1.807) is 7.11 Å². The van der Waals surface area contributed by atoms with Crippen LogP contribution in [0.15, 0.2) is 24.3 Å². The topological polar surface area (TPSA) is 67.9 Å². The van der Waals surface area contributed by atoms with Gasteiger partial charge in [0.15, 0.2) is 0 Å². The summed E-state index contributed by atoms with van der Waals surface area (Å²) in [6, 6.07) is 7.94. The first kappa shape index (κ1) is 19.6. The third-order valence-electron chi connectivity index (χ3n) is 5.24. The summed E-state index contributed by atoms with van der Waals surface area (Å²) in [7, 11) is -1.52. The van der Waals surface area contributed by atoms with Gasteiger partial charge in [0.2, 0.25) is 10.0 Å². The molecule has 0 spiro atoms. The Hall–Kier alpha value is -1.15. The minimum Gasteiger partial charge on any atom is -0.492 e. The van der Waals surface area contributed by atoms with Crippen LogP contribution in [0.5, 0.6) is 5.75 Å². The van der Waals surface area contributed by atoms with Crippen LogP contribution in [0.1, 0.15) is 31.2 Å². The molecule has 1 aromatic rings. The molecule has 7 heteroatoms. The highest BCUT2D eigenvalue weighted by Crippen LogP contribution is 2.29. The van der Waals surface area contributed by atoms with Crippen LogP contribution in [0.4, 0.5) is 0 Å². The van der Waals surface area contributed by atoms with Crippen LogP contribution in [0.25, 0.3) is 0 Å². The first-order valence-electron chi connectivity index (χ1n) is 9.44. The van der Waals surface area contributed by atoms with Gasteiger partial charge in [-0.15, -0.1) is 0 Å². The van der Waals surface area contributed by atoms with Gasteiger partial charge in [-0.25, -0.2) is 13.1 Å². The van der Waals surface area contributed by atoms with Crippen LogP contribution in [0.3, 0.4) is 0 Å². The number of likely N-dealkylation sites (tertiary alicyclic amines) is 1. The largest absolute Gasteiger partial charge is 0.492 e. The van der Waals surface area contributed by atoms with Crippen molar-refractivity contribution in [2.45, 2.75) is 49.9 Å². The van der Waals surface area contributed by atoms with E-state index in [1.165, 1.54) is 0 Å². The lowest BCUT2D eigenvalue weighted by Crippen LogP contribution is -2.58. The van der Waals surface area contributed by atoms with Crippen LogP contribution in [-0.2, 0) is 14.8 Å². The molecule has 0 aromatic heterocycles.